The van der Waals surface area contributed by atoms with Gasteiger partial charge in [0, 0.05) is 11.7 Å². The lowest BCUT2D eigenvalue weighted by Crippen LogP contribution is -2.52. The molecule has 1 aliphatic carbocycles. The van der Waals surface area contributed by atoms with Gasteiger partial charge in [0.2, 0.25) is 5.91 Å². The second kappa shape index (κ2) is 10.8. The molecule has 0 spiro atoms. The first-order chi connectivity index (χ1) is 16.5. The summed E-state index contributed by atoms with van der Waals surface area (Å²) in [4.78, 5) is 41.2. The van der Waals surface area contributed by atoms with Gasteiger partial charge in [-0.2, -0.15) is 0 Å². The van der Waals surface area contributed by atoms with Crippen LogP contribution in [-0.2, 0) is 14.3 Å². The lowest BCUT2D eigenvalue weighted by atomic mass is 10.0. The average molecular weight is 482 g/mol. The fourth-order valence-corrected chi connectivity index (χ4v) is 3.80. The minimum absolute atomic E-state index is 0.0856. The number of alkyl carbamates (subject to hydrolysis) is 1. The van der Waals surface area contributed by atoms with Crippen LogP contribution in [0.5, 0.6) is 5.75 Å². The van der Waals surface area contributed by atoms with Gasteiger partial charge in [0.25, 0.3) is 5.91 Å². The molecule has 0 heterocycles. The topological polar surface area (TPSA) is 97.0 Å². The molecule has 3 amide bonds. The first kappa shape index (κ1) is 26.1. The third kappa shape index (κ3) is 7.21. The molecule has 2 atom stereocenters. The van der Waals surface area contributed by atoms with Crippen LogP contribution >= 0.6 is 0 Å². The fourth-order valence-electron chi connectivity index (χ4n) is 3.80. The first-order valence-corrected chi connectivity index (χ1v) is 11.8. The molecule has 0 aromatic heterocycles. The molecule has 188 valence electrons. The molecule has 2 unspecified atom stereocenters. The molecule has 0 radical (unpaired) electrons. The summed E-state index contributed by atoms with van der Waals surface area (Å²) in [6, 6.07) is 12.8. The molecule has 35 heavy (non-hydrogen) atoms. The number of nitrogens with zero attached hydrogens (tertiary/aromatic N) is 1. The van der Waals surface area contributed by atoms with E-state index in [9.17, 15) is 14.4 Å². The minimum atomic E-state index is -0.869. The minimum Gasteiger partial charge on any atom is -0.497 e. The van der Waals surface area contributed by atoms with Crippen molar-refractivity contribution in [2.75, 3.05) is 12.4 Å². The molecule has 1 saturated carbocycles. The fraction of sp³-hybridized carbons (Fsp3) is 0.444. The highest BCUT2D eigenvalue weighted by Crippen LogP contribution is 2.36. The first-order valence-electron chi connectivity index (χ1n) is 11.8. The number of amides is 3. The number of carbonyl (C=O) groups excluding carboxylic acids is 3. The van der Waals surface area contributed by atoms with Crippen LogP contribution in [0.3, 0.4) is 0 Å². The molecule has 0 saturated heterocycles. The lowest BCUT2D eigenvalue weighted by Gasteiger charge is -2.34. The number of nitrogens with one attached hydrogen (secondary N) is 2. The van der Waals surface area contributed by atoms with Crippen molar-refractivity contribution in [2.45, 2.75) is 71.2 Å². The van der Waals surface area contributed by atoms with Crippen LogP contribution in [0.25, 0.3) is 0 Å². The van der Waals surface area contributed by atoms with Gasteiger partial charge in [-0.25, -0.2) is 4.79 Å². The molecule has 3 rings (SSSR count). The van der Waals surface area contributed by atoms with Gasteiger partial charge in [-0.1, -0.05) is 29.8 Å². The van der Waals surface area contributed by atoms with Crippen molar-refractivity contribution in [3.05, 3.63) is 59.7 Å². The summed E-state index contributed by atoms with van der Waals surface area (Å²) in [6.07, 6.45) is 0.912. The van der Waals surface area contributed by atoms with Crippen molar-refractivity contribution in [3.63, 3.8) is 0 Å². The Morgan fingerprint density at radius 3 is 2.26 bits per heavy atom. The number of carbonyl (C=O) groups is 3. The summed E-state index contributed by atoms with van der Waals surface area (Å²) in [6.45, 7) is 8.82. The van der Waals surface area contributed by atoms with Crippen molar-refractivity contribution < 1.29 is 23.9 Å². The number of aryl methyl sites for hydroxylation is 1. The van der Waals surface area contributed by atoms with Gasteiger partial charge < -0.3 is 25.0 Å². The van der Waals surface area contributed by atoms with Gasteiger partial charge in [-0.05, 0) is 77.3 Å². The van der Waals surface area contributed by atoms with E-state index in [0.717, 1.165) is 18.4 Å². The second-order valence-corrected chi connectivity index (χ2v) is 9.88. The lowest BCUT2D eigenvalue weighted by molar-refractivity contribution is -0.141. The van der Waals surface area contributed by atoms with Gasteiger partial charge in [0.1, 0.15) is 23.4 Å². The second-order valence-electron chi connectivity index (χ2n) is 9.88. The quantitative estimate of drug-likeness (QED) is 0.575. The van der Waals surface area contributed by atoms with E-state index in [1.165, 1.54) is 0 Å². The van der Waals surface area contributed by atoms with Crippen molar-refractivity contribution in [1.82, 2.24) is 10.2 Å². The summed E-state index contributed by atoms with van der Waals surface area (Å²) < 4.78 is 10.5. The van der Waals surface area contributed by atoms with Crippen molar-refractivity contribution in [3.8, 4) is 5.75 Å². The van der Waals surface area contributed by atoms with Crippen molar-refractivity contribution in [2.24, 2.45) is 0 Å². The Bertz CT molecular complexity index is 1060. The third-order valence-electron chi connectivity index (χ3n) is 5.54. The smallest absolute Gasteiger partial charge is 0.408 e. The SMILES string of the molecule is COc1ccc(NC(=O)C(c2cccc(C)c2)N(C(=O)C(C)NC(=O)OC(C)(C)C)C2CC2)cc1. The summed E-state index contributed by atoms with van der Waals surface area (Å²) in [5.74, 6) is 0.00953. The van der Waals surface area contributed by atoms with E-state index in [1.807, 2.05) is 31.2 Å². The molecule has 0 bridgehead atoms. The van der Waals surface area contributed by atoms with Crippen LogP contribution in [-0.4, -0.2) is 47.6 Å². The van der Waals surface area contributed by atoms with Crippen LogP contribution in [0.1, 0.15) is 57.7 Å². The van der Waals surface area contributed by atoms with Crippen molar-refractivity contribution >= 4 is 23.6 Å². The zero-order chi connectivity index (χ0) is 25.8. The molecule has 2 N–H and O–H groups in total. The highest BCUT2D eigenvalue weighted by molar-refractivity contribution is 5.99. The number of methoxy groups -OCH3 is 1. The molecule has 2 aromatic rings. The maximum atomic E-state index is 13.6. The summed E-state index contributed by atoms with van der Waals surface area (Å²) in [5, 5.41) is 5.56. The van der Waals surface area contributed by atoms with Gasteiger partial charge in [-0.3, -0.25) is 9.59 Å². The Labute approximate surface area is 207 Å². The summed E-state index contributed by atoms with van der Waals surface area (Å²) in [7, 11) is 1.58. The number of benzene rings is 2. The van der Waals surface area contributed by atoms with E-state index in [2.05, 4.69) is 10.6 Å². The molecule has 1 aliphatic rings. The standard InChI is InChI=1S/C27H35N3O5/c1-17-8-7-9-19(16-17)23(24(31)29-20-10-14-22(34-6)15-11-20)30(21-12-13-21)25(32)18(2)28-26(33)35-27(3,4)5/h7-11,14-16,18,21,23H,12-13H2,1-6H3,(H,28,33)(H,29,31). The normalized spacial score (nSPS) is 14.9. The van der Waals surface area contributed by atoms with Gasteiger partial charge in [0.05, 0.1) is 7.11 Å². The predicted octanol–water partition coefficient (Wildman–Crippen LogP) is 4.59. The van der Waals surface area contributed by atoms with E-state index in [-0.39, 0.29) is 17.9 Å². The predicted molar refractivity (Wildman–Crippen MR) is 134 cm³/mol. The highest BCUT2D eigenvalue weighted by Gasteiger charge is 2.43. The number of ether oxygens (including phenoxy) is 2. The highest BCUT2D eigenvalue weighted by atomic mass is 16.6. The molecule has 1 fully saturated rings. The Balaban J connectivity index is 1.89. The Morgan fingerprint density at radius 1 is 1.06 bits per heavy atom. The summed E-state index contributed by atoms with van der Waals surface area (Å²) >= 11 is 0. The van der Waals surface area contributed by atoms with Crippen LogP contribution in [0.2, 0.25) is 0 Å². The van der Waals surface area contributed by atoms with Gasteiger partial charge >= 0.3 is 6.09 Å². The maximum absolute atomic E-state index is 13.6. The van der Waals surface area contributed by atoms with E-state index in [0.29, 0.717) is 17.0 Å². The number of hydrogen-bond acceptors (Lipinski definition) is 5. The largest absolute Gasteiger partial charge is 0.497 e. The van der Waals surface area contributed by atoms with Gasteiger partial charge in [-0.15, -0.1) is 0 Å². The zero-order valence-electron chi connectivity index (χ0n) is 21.3. The van der Waals surface area contributed by atoms with Crippen LogP contribution < -0.4 is 15.4 Å². The molecule has 8 nitrogen and oxygen atoms in total. The number of anilines is 1. The molecular weight excluding hydrogens is 446 g/mol. The average Bonchev–Trinajstić information content (AvgIpc) is 3.61. The Hall–Kier alpha value is -3.55. The van der Waals surface area contributed by atoms with Crippen molar-refractivity contribution in [1.29, 1.82) is 0 Å². The number of hydrogen-bond donors (Lipinski definition) is 2. The molecule has 8 heteroatoms. The Kier molecular flexibility index (Phi) is 8.04. The van der Waals surface area contributed by atoms with Gasteiger partial charge in [0.15, 0.2) is 0 Å². The third-order valence-corrected chi connectivity index (χ3v) is 5.54. The van der Waals surface area contributed by atoms with E-state index < -0.39 is 23.8 Å². The molecular formula is C27H35N3O5. The Morgan fingerprint density at radius 2 is 1.71 bits per heavy atom. The van der Waals surface area contributed by atoms with Crippen LogP contribution in [0, 0.1) is 6.92 Å². The van der Waals surface area contributed by atoms with Crippen LogP contribution in [0.4, 0.5) is 10.5 Å². The maximum Gasteiger partial charge on any atom is 0.408 e. The molecule has 2 aromatic carbocycles. The van der Waals surface area contributed by atoms with E-state index in [4.69, 9.17) is 9.47 Å². The summed E-state index contributed by atoms with van der Waals surface area (Å²) in [5.41, 5.74) is 1.59. The zero-order valence-corrected chi connectivity index (χ0v) is 21.3. The monoisotopic (exact) mass is 481 g/mol. The van der Waals surface area contributed by atoms with E-state index in [1.54, 1.807) is 64.0 Å². The molecule has 0 aliphatic heterocycles. The van der Waals surface area contributed by atoms with E-state index >= 15 is 0 Å². The van der Waals surface area contributed by atoms with Crippen LogP contribution in [0.15, 0.2) is 48.5 Å². The number of rotatable bonds is 8.